The highest BCUT2D eigenvalue weighted by Gasteiger charge is 2.33. The Kier molecular flexibility index (Phi) is 3.17. The van der Waals surface area contributed by atoms with E-state index in [1.165, 1.54) is 5.69 Å². The zero-order valence-electron chi connectivity index (χ0n) is 12.4. The van der Waals surface area contributed by atoms with Crippen LogP contribution < -0.4 is 0 Å². The molecule has 2 heterocycles. The summed E-state index contributed by atoms with van der Waals surface area (Å²) in [5, 5.41) is 18.5. The van der Waals surface area contributed by atoms with E-state index >= 15 is 0 Å². The maximum Gasteiger partial charge on any atom is 0.152 e. The quantitative estimate of drug-likeness (QED) is 0.933. The van der Waals surface area contributed by atoms with E-state index in [0.717, 1.165) is 30.8 Å². The van der Waals surface area contributed by atoms with E-state index < -0.39 is 0 Å². The molecule has 1 aliphatic rings. The first-order chi connectivity index (χ1) is 9.50. The third-order valence-electron chi connectivity index (χ3n) is 4.21. The van der Waals surface area contributed by atoms with E-state index in [2.05, 4.69) is 46.3 Å². The average molecular weight is 274 g/mol. The number of aryl methyl sites for hydroxylation is 1. The minimum Gasteiger partial charge on any atom is -0.388 e. The second-order valence-corrected chi connectivity index (χ2v) is 6.44. The van der Waals surface area contributed by atoms with Gasteiger partial charge in [-0.1, -0.05) is 13.8 Å². The topological polar surface area (TPSA) is 55.9 Å². The van der Waals surface area contributed by atoms with Gasteiger partial charge in [-0.2, -0.15) is 0 Å². The molecule has 2 aromatic rings. The van der Waals surface area contributed by atoms with E-state index in [0.29, 0.717) is 6.54 Å². The van der Waals surface area contributed by atoms with Crippen LogP contribution in [0.2, 0.25) is 0 Å². The molecule has 1 atom stereocenters. The normalized spacial score (nSPS) is 20.9. The zero-order valence-corrected chi connectivity index (χ0v) is 12.4. The van der Waals surface area contributed by atoms with Gasteiger partial charge in [-0.3, -0.25) is 0 Å². The van der Waals surface area contributed by atoms with E-state index in [9.17, 15) is 5.11 Å². The standard InChI is InChI=1S/C15H22N4O/c1-4-18-10-16-17-14(18)9-19-6-5-11-12(19)7-15(2,3)8-13(11)20/h5-6,10,13,20H,4,7-9H2,1-3H3. The SMILES string of the molecule is CCn1cnnc1Cn1ccc2c1CC(C)(C)CC2O. The molecule has 5 heteroatoms. The molecule has 1 unspecified atom stereocenters. The van der Waals surface area contributed by atoms with E-state index in [-0.39, 0.29) is 11.5 Å². The summed E-state index contributed by atoms with van der Waals surface area (Å²) < 4.78 is 4.26. The van der Waals surface area contributed by atoms with Gasteiger partial charge in [0, 0.05) is 24.0 Å². The van der Waals surface area contributed by atoms with Crippen molar-refractivity contribution in [3.8, 4) is 0 Å². The maximum atomic E-state index is 10.3. The molecule has 1 N–H and O–H groups in total. The molecule has 5 nitrogen and oxygen atoms in total. The minimum absolute atomic E-state index is 0.140. The second-order valence-electron chi connectivity index (χ2n) is 6.44. The van der Waals surface area contributed by atoms with E-state index in [1.807, 2.05) is 6.07 Å². The summed E-state index contributed by atoms with van der Waals surface area (Å²) in [7, 11) is 0. The fourth-order valence-corrected chi connectivity index (χ4v) is 3.15. The van der Waals surface area contributed by atoms with Gasteiger partial charge >= 0.3 is 0 Å². The molecule has 0 aromatic carbocycles. The van der Waals surface area contributed by atoms with Gasteiger partial charge in [0.05, 0.1) is 12.6 Å². The molecule has 0 aliphatic heterocycles. The van der Waals surface area contributed by atoms with Crippen molar-refractivity contribution in [1.82, 2.24) is 19.3 Å². The number of hydrogen-bond acceptors (Lipinski definition) is 3. The summed E-state index contributed by atoms with van der Waals surface area (Å²) in [4.78, 5) is 0. The number of hydrogen-bond donors (Lipinski definition) is 1. The summed E-state index contributed by atoms with van der Waals surface area (Å²) >= 11 is 0. The van der Waals surface area contributed by atoms with Crippen LogP contribution in [0.1, 0.15) is 50.4 Å². The van der Waals surface area contributed by atoms with Gasteiger partial charge < -0.3 is 14.2 Å². The van der Waals surface area contributed by atoms with E-state index in [1.54, 1.807) is 6.33 Å². The van der Waals surface area contributed by atoms with Gasteiger partial charge in [-0.05, 0) is 31.2 Å². The van der Waals surface area contributed by atoms with Gasteiger partial charge in [0.15, 0.2) is 5.82 Å². The number of rotatable bonds is 3. The molecule has 0 fully saturated rings. The monoisotopic (exact) mass is 274 g/mol. The van der Waals surface area contributed by atoms with Gasteiger partial charge in [0.2, 0.25) is 0 Å². The number of aliphatic hydroxyl groups excluding tert-OH is 1. The smallest absolute Gasteiger partial charge is 0.152 e. The zero-order chi connectivity index (χ0) is 14.3. The van der Waals surface area contributed by atoms with Crippen molar-refractivity contribution in [2.45, 2.75) is 52.8 Å². The lowest BCUT2D eigenvalue weighted by molar-refractivity contribution is 0.0980. The summed E-state index contributed by atoms with van der Waals surface area (Å²) in [6, 6.07) is 2.04. The summed E-state index contributed by atoms with van der Waals surface area (Å²) in [5.41, 5.74) is 2.45. The Labute approximate surface area is 119 Å². The van der Waals surface area contributed by atoms with Crippen molar-refractivity contribution in [1.29, 1.82) is 0 Å². The van der Waals surface area contributed by atoms with Crippen LogP contribution in [-0.4, -0.2) is 24.4 Å². The molecule has 0 amide bonds. The molecule has 0 spiro atoms. The molecule has 0 bridgehead atoms. The van der Waals surface area contributed by atoms with Crippen LogP contribution in [-0.2, 0) is 19.5 Å². The highest BCUT2D eigenvalue weighted by Crippen LogP contribution is 2.41. The molecule has 0 radical (unpaired) electrons. The predicted octanol–water partition coefficient (Wildman–Crippen LogP) is 2.15. The molecule has 0 saturated carbocycles. The third-order valence-corrected chi connectivity index (χ3v) is 4.21. The van der Waals surface area contributed by atoms with Crippen LogP contribution in [0.15, 0.2) is 18.6 Å². The highest BCUT2D eigenvalue weighted by atomic mass is 16.3. The molecule has 3 rings (SSSR count). The van der Waals surface area contributed by atoms with Crippen LogP contribution in [0.25, 0.3) is 0 Å². The van der Waals surface area contributed by atoms with Gasteiger partial charge in [0.1, 0.15) is 6.33 Å². The molecule has 1 aliphatic carbocycles. The molecular formula is C15H22N4O. The molecule has 2 aromatic heterocycles. The first-order valence-electron chi connectivity index (χ1n) is 7.23. The van der Waals surface area contributed by atoms with Crippen molar-refractivity contribution in [3.63, 3.8) is 0 Å². The fourth-order valence-electron chi connectivity index (χ4n) is 3.15. The predicted molar refractivity (Wildman–Crippen MR) is 76.3 cm³/mol. The number of aliphatic hydroxyl groups is 1. The molecular weight excluding hydrogens is 252 g/mol. The van der Waals surface area contributed by atoms with Crippen molar-refractivity contribution in [2.75, 3.05) is 0 Å². The Balaban J connectivity index is 1.93. The minimum atomic E-state index is -0.348. The number of nitrogens with zero attached hydrogens (tertiary/aromatic N) is 4. The van der Waals surface area contributed by atoms with Crippen LogP contribution in [0.4, 0.5) is 0 Å². The van der Waals surface area contributed by atoms with Crippen molar-refractivity contribution in [2.24, 2.45) is 5.41 Å². The maximum absolute atomic E-state index is 10.3. The van der Waals surface area contributed by atoms with E-state index in [4.69, 9.17) is 0 Å². The Bertz CT molecular complexity index is 611. The lowest BCUT2D eigenvalue weighted by Crippen LogP contribution is -2.27. The Morgan fingerprint density at radius 1 is 1.40 bits per heavy atom. The molecule has 0 saturated heterocycles. The lowest BCUT2D eigenvalue weighted by atomic mass is 9.75. The molecule has 108 valence electrons. The summed E-state index contributed by atoms with van der Waals surface area (Å²) in [5.74, 6) is 0.962. The first kappa shape index (κ1) is 13.4. The number of fused-ring (bicyclic) bond motifs is 1. The Morgan fingerprint density at radius 3 is 2.95 bits per heavy atom. The van der Waals surface area contributed by atoms with Gasteiger partial charge in [-0.15, -0.1) is 10.2 Å². The summed E-state index contributed by atoms with van der Waals surface area (Å²) in [6.07, 6.45) is 5.30. The first-order valence-corrected chi connectivity index (χ1v) is 7.23. The second kappa shape index (κ2) is 4.74. The van der Waals surface area contributed by atoms with Gasteiger partial charge in [0.25, 0.3) is 0 Å². The Morgan fingerprint density at radius 2 is 2.20 bits per heavy atom. The average Bonchev–Trinajstić information content (AvgIpc) is 2.96. The third kappa shape index (κ3) is 2.26. The van der Waals surface area contributed by atoms with Crippen molar-refractivity contribution >= 4 is 0 Å². The van der Waals surface area contributed by atoms with Gasteiger partial charge in [-0.25, -0.2) is 0 Å². The number of aromatic nitrogens is 4. The summed E-state index contributed by atoms with van der Waals surface area (Å²) in [6.45, 7) is 8.10. The van der Waals surface area contributed by atoms with Crippen LogP contribution in [0, 0.1) is 5.41 Å². The largest absolute Gasteiger partial charge is 0.388 e. The lowest BCUT2D eigenvalue weighted by Gasteiger charge is -2.33. The van der Waals surface area contributed by atoms with Crippen LogP contribution in [0.3, 0.4) is 0 Å². The fraction of sp³-hybridized carbons (Fsp3) is 0.600. The van der Waals surface area contributed by atoms with Crippen LogP contribution in [0.5, 0.6) is 0 Å². The van der Waals surface area contributed by atoms with Crippen molar-refractivity contribution in [3.05, 3.63) is 35.7 Å². The molecule has 20 heavy (non-hydrogen) atoms. The van der Waals surface area contributed by atoms with Crippen molar-refractivity contribution < 1.29 is 5.11 Å². The highest BCUT2D eigenvalue weighted by molar-refractivity contribution is 5.29. The Hall–Kier alpha value is -1.62. The van der Waals surface area contributed by atoms with Crippen LogP contribution >= 0.6 is 0 Å².